The minimum Gasteiger partial charge on any atom is -0.361 e. The van der Waals surface area contributed by atoms with Gasteiger partial charge in [0.05, 0.1) is 0 Å². The van der Waals surface area contributed by atoms with Gasteiger partial charge < -0.3 is 14.3 Å². The van der Waals surface area contributed by atoms with E-state index < -0.39 is 0 Å². The predicted molar refractivity (Wildman–Crippen MR) is 89.1 cm³/mol. The monoisotopic (exact) mass is 347 g/mol. The van der Waals surface area contributed by atoms with Crippen LogP contribution in [0.25, 0.3) is 0 Å². The first-order valence-electron chi connectivity index (χ1n) is 7.82. The second-order valence-corrected chi connectivity index (χ2v) is 6.20. The zero-order valence-corrected chi connectivity index (χ0v) is 14.1. The first-order chi connectivity index (χ1) is 11.5. The highest BCUT2D eigenvalue weighted by atomic mass is 35.5. The van der Waals surface area contributed by atoms with Crippen LogP contribution in [0.15, 0.2) is 34.9 Å². The van der Waals surface area contributed by atoms with Gasteiger partial charge in [-0.15, -0.1) is 0 Å². The third-order valence-corrected chi connectivity index (χ3v) is 4.26. The van der Waals surface area contributed by atoms with Gasteiger partial charge >= 0.3 is 0 Å². The number of nitrogens with zero attached hydrogens (tertiary/aromatic N) is 3. The molecule has 2 aromatic rings. The maximum absolute atomic E-state index is 12.6. The summed E-state index contributed by atoms with van der Waals surface area (Å²) in [6.07, 6.45) is 0.724. The van der Waals surface area contributed by atoms with Gasteiger partial charge in [-0.1, -0.05) is 16.8 Å². The molecule has 2 heterocycles. The molecular weight excluding hydrogens is 330 g/mol. The molecule has 3 rings (SSSR count). The van der Waals surface area contributed by atoms with Gasteiger partial charge in [-0.2, -0.15) is 0 Å². The number of rotatable bonds is 2. The van der Waals surface area contributed by atoms with Crippen LogP contribution in [0.1, 0.15) is 33.0 Å². The van der Waals surface area contributed by atoms with Crippen molar-refractivity contribution in [3.8, 4) is 0 Å². The summed E-state index contributed by atoms with van der Waals surface area (Å²) in [5.74, 6) is 0.401. The maximum Gasteiger partial charge on any atom is 0.276 e. The highest BCUT2D eigenvalue weighted by Gasteiger charge is 2.25. The van der Waals surface area contributed by atoms with Crippen LogP contribution in [0.2, 0.25) is 5.02 Å². The molecule has 0 bridgehead atoms. The summed E-state index contributed by atoms with van der Waals surface area (Å²) < 4.78 is 4.96. The number of benzene rings is 1. The van der Waals surface area contributed by atoms with Crippen LogP contribution < -0.4 is 0 Å². The van der Waals surface area contributed by atoms with E-state index >= 15 is 0 Å². The number of hydrogen-bond donors (Lipinski definition) is 0. The standard InChI is InChI=1S/C17H18ClN3O3/c1-12-11-15(19-24-12)17(23)21-8-2-7-20(9-10-21)16(22)13-3-5-14(18)6-4-13/h3-6,11H,2,7-10H2,1H3. The third-order valence-electron chi connectivity index (χ3n) is 4.01. The number of carbonyl (C=O) groups is 2. The molecule has 1 aromatic carbocycles. The molecule has 1 aliphatic heterocycles. The van der Waals surface area contributed by atoms with Gasteiger partial charge in [0.15, 0.2) is 5.69 Å². The predicted octanol–water partition coefficient (Wildman–Crippen LogP) is 2.62. The van der Waals surface area contributed by atoms with Crippen molar-refractivity contribution < 1.29 is 14.1 Å². The van der Waals surface area contributed by atoms with E-state index in [9.17, 15) is 9.59 Å². The van der Waals surface area contributed by atoms with Gasteiger partial charge in [-0.3, -0.25) is 9.59 Å². The summed E-state index contributed by atoms with van der Waals surface area (Å²) in [6.45, 7) is 3.92. The molecule has 0 radical (unpaired) electrons. The minimum atomic E-state index is -0.160. The van der Waals surface area contributed by atoms with Crippen LogP contribution in [-0.2, 0) is 0 Å². The number of amides is 2. The lowest BCUT2D eigenvalue weighted by molar-refractivity contribution is 0.0713. The Hall–Kier alpha value is -2.34. The quantitative estimate of drug-likeness (QED) is 0.837. The SMILES string of the molecule is Cc1cc(C(=O)N2CCCN(C(=O)c3ccc(Cl)cc3)CC2)no1. The maximum atomic E-state index is 12.6. The van der Waals surface area contributed by atoms with Crippen LogP contribution in [0.3, 0.4) is 0 Å². The first kappa shape index (κ1) is 16.5. The van der Waals surface area contributed by atoms with Crippen molar-refractivity contribution in [2.75, 3.05) is 26.2 Å². The van der Waals surface area contributed by atoms with Crippen molar-refractivity contribution in [1.82, 2.24) is 15.0 Å². The van der Waals surface area contributed by atoms with Crippen LogP contribution in [-0.4, -0.2) is 52.9 Å². The van der Waals surface area contributed by atoms with E-state index in [2.05, 4.69) is 5.16 Å². The largest absolute Gasteiger partial charge is 0.361 e. The first-order valence-corrected chi connectivity index (χ1v) is 8.20. The number of aryl methyl sites for hydroxylation is 1. The van der Waals surface area contributed by atoms with Gasteiger partial charge in [0.1, 0.15) is 5.76 Å². The number of hydrogen-bond acceptors (Lipinski definition) is 4. The Labute approximate surface area is 145 Å². The average molecular weight is 348 g/mol. The Kier molecular flexibility index (Phi) is 4.85. The average Bonchev–Trinajstić information content (AvgIpc) is 2.87. The molecule has 0 atom stereocenters. The molecule has 0 spiro atoms. The smallest absolute Gasteiger partial charge is 0.276 e. The number of carbonyl (C=O) groups excluding carboxylic acids is 2. The molecule has 126 valence electrons. The summed E-state index contributed by atoms with van der Waals surface area (Å²) in [5, 5.41) is 4.37. The summed E-state index contributed by atoms with van der Waals surface area (Å²) in [7, 11) is 0. The molecule has 0 aliphatic carbocycles. The molecule has 1 aliphatic rings. The van der Waals surface area contributed by atoms with E-state index in [0.29, 0.717) is 48.2 Å². The minimum absolute atomic E-state index is 0.0433. The van der Waals surface area contributed by atoms with Crippen molar-refractivity contribution in [3.63, 3.8) is 0 Å². The van der Waals surface area contributed by atoms with Gasteiger partial charge in [0.2, 0.25) is 0 Å². The molecule has 2 amide bonds. The fourth-order valence-corrected chi connectivity index (χ4v) is 2.85. The summed E-state index contributed by atoms with van der Waals surface area (Å²) >= 11 is 5.86. The third kappa shape index (κ3) is 3.59. The van der Waals surface area contributed by atoms with Gasteiger partial charge in [0, 0.05) is 42.8 Å². The van der Waals surface area contributed by atoms with Crippen LogP contribution >= 0.6 is 11.6 Å². The molecule has 6 nitrogen and oxygen atoms in total. The number of halogens is 1. The zero-order chi connectivity index (χ0) is 17.1. The molecular formula is C17H18ClN3O3. The highest BCUT2D eigenvalue weighted by molar-refractivity contribution is 6.30. The Morgan fingerprint density at radius 3 is 2.25 bits per heavy atom. The Morgan fingerprint density at radius 1 is 1.04 bits per heavy atom. The Balaban J connectivity index is 1.65. The van der Waals surface area contributed by atoms with Crippen molar-refractivity contribution in [1.29, 1.82) is 0 Å². The molecule has 0 N–H and O–H groups in total. The lowest BCUT2D eigenvalue weighted by atomic mass is 10.2. The van der Waals surface area contributed by atoms with Crippen LogP contribution in [0, 0.1) is 6.92 Å². The fourth-order valence-electron chi connectivity index (χ4n) is 2.73. The topological polar surface area (TPSA) is 66.7 Å². The molecule has 1 saturated heterocycles. The molecule has 0 unspecified atom stereocenters. The normalized spacial score (nSPS) is 15.2. The van der Waals surface area contributed by atoms with Gasteiger partial charge in [-0.05, 0) is 37.6 Å². The van der Waals surface area contributed by atoms with Crippen LogP contribution in [0.5, 0.6) is 0 Å². The van der Waals surface area contributed by atoms with Crippen molar-refractivity contribution in [2.45, 2.75) is 13.3 Å². The Bertz CT molecular complexity index is 742. The second-order valence-electron chi connectivity index (χ2n) is 5.77. The van der Waals surface area contributed by atoms with Crippen molar-refractivity contribution in [2.24, 2.45) is 0 Å². The molecule has 7 heteroatoms. The highest BCUT2D eigenvalue weighted by Crippen LogP contribution is 2.14. The van der Waals surface area contributed by atoms with Crippen LogP contribution in [0.4, 0.5) is 0 Å². The van der Waals surface area contributed by atoms with E-state index in [1.807, 2.05) is 0 Å². The molecule has 1 aromatic heterocycles. The van der Waals surface area contributed by atoms with E-state index in [1.54, 1.807) is 47.1 Å². The van der Waals surface area contributed by atoms with Gasteiger partial charge in [-0.25, -0.2) is 0 Å². The number of aromatic nitrogens is 1. The van der Waals surface area contributed by atoms with E-state index in [4.69, 9.17) is 16.1 Å². The van der Waals surface area contributed by atoms with E-state index in [1.165, 1.54) is 0 Å². The summed E-state index contributed by atoms with van der Waals surface area (Å²) in [4.78, 5) is 28.5. The van der Waals surface area contributed by atoms with Gasteiger partial charge in [0.25, 0.3) is 11.8 Å². The summed E-state index contributed by atoms with van der Waals surface area (Å²) in [6, 6.07) is 8.47. The second kappa shape index (κ2) is 7.05. The van der Waals surface area contributed by atoms with Crippen molar-refractivity contribution >= 4 is 23.4 Å². The fraction of sp³-hybridized carbons (Fsp3) is 0.353. The van der Waals surface area contributed by atoms with E-state index in [-0.39, 0.29) is 11.8 Å². The molecule has 24 heavy (non-hydrogen) atoms. The van der Waals surface area contributed by atoms with Crippen molar-refractivity contribution in [3.05, 3.63) is 52.4 Å². The summed E-state index contributed by atoms with van der Waals surface area (Å²) in [5.41, 5.74) is 0.913. The molecule has 0 saturated carbocycles. The Morgan fingerprint density at radius 2 is 1.67 bits per heavy atom. The lowest BCUT2D eigenvalue weighted by Crippen LogP contribution is -2.37. The lowest BCUT2D eigenvalue weighted by Gasteiger charge is -2.21. The molecule has 1 fully saturated rings. The van der Waals surface area contributed by atoms with E-state index in [0.717, 1.165) is 6.42 Å². The zero-order valence-electron chi connectivity index (χ0n) is 13.4.